The van der Waals surface area contributed by atoms with Gasteiger partial charge in [0.05, 0.1) is 6.42 Å². The van der Waals surface area contributed by atoms with E-state index in [1.807, 2.05) is 29.4 Å². The Labute approximate surface area is 129 Å². The van der Waals surface area contributed by atoms with E-state index in [1.54, 1.807) is 18.2 Å². The fourth-order valence-electron chi connectivity index (χ4n) is 2.72. The maximum Gasteiger partial charge on any atom is 0.227 e. The zero-order valence-corrected chi connectivity index (χ0v) is 12.3. The van der Waals surface area contributed by atoms with Crippen molar-refractivity contribution in [1.29, 1.82) is 0 Å². The van der Waals surface area contributed by atoms with Crippen LogP contribution < -0.4 is 9.88 Å². The molecule has 1 aromatic heterocycles. The predicted octanol–water partition coefficient (Wildman–Crippen LogP) is 1.53. The van der Waals surface area contributed by atoms with Gasteiger partial charge in [0.15, 0.2) is 12.4 Å². The van der Waals surface area contributed by atoms with Gasteiger partial charge in [-0.2, -0.15) is 0 Å². The van der Waals surface area contributed by atoms with Crippen LogP contribution in [0.3, 0.4) is 0 Å². The molecule has 2 heterocycles. The average molecular weight is 300 g/mol. The summed E-state index contributed by atoms with van der Waals surface area (Å²) in [7, 11) is 0. The van der Waals surface area contributed by atoms with Crippen LogP contribution in [-0.2, 0) is 11.2 Å². The maximum atomic E-state index is 13.6. The molecule has 0 saturated carbocycles. The number of carbonyl (C=O) groups excluding carboxylic acids is 1. The van der Waals surface area contributed by atoms with Crippen LogP contribution in [0.15, 0.2) is 48.8 Å². The van der Waals surface area contributed by atoms with Crippen molar-refractivity contribution in [2.45, 2.75) is 6.42 Å². The van der Waals surface area contributed by atoms with E-state index in [4.69, 9.17) is 0 Å². The summed E-state index contributed by atoms with van der Waals surface area (Å²) in [5, 5.41) is 0. The third kappa shape index (κ3) is 3.24. The van der Waals surface area contributed by atoms with Crippen molar-refractivity contribution in [2.24, 2.45) is 0 Å². The minimum absolute atomic E-state index is 0.00820. The van der Waals surface area contributed by atoms with Gasteiger partial charge < -0.3 is 9.80 Å². The Morgan fingerprint density at radius 3 is 2.41 bits per heavy atom. The van der Waals surface area contributed by atoms with E-state index in [9.17, 15) is 9.18 Å². The van der Waals surface area contributed by atoms with E-state index >= 15 is 0 Å². The van der Waals surface area contributed by atoms with Crippen LogP contribution in [0.1, 0.15) is 5.56 Å². The summed E-state index contributed by atoms with van der Waals surface area (Å²) in [4.78, 5) is 19.4. The Morgan fingerprint density at radius 2 is 1.73 bits per heavy atom. The highest BCUT2D eigenvalue weighted by Gasteiger charge is 2.22. The molecule has 22 heavy (non-hydrogen) atoms. The summed E-state index contributed by atoms with van der Waals surface area (Å²) in [6, 6.07) is 10.5. The molecule has 2 aromatic rings. The van der Waals surface area contributed by atoms with Gasteiger partial charge in [-0.15, -0.1) is 0 Å². The van der Waals surface area contributed by atoms with E-state index in [-0.39, 0.29) is 18.1 Å². The number of halogens is 1. The van der Waals surface area contributed by atoms with Gasteiger partial charge in [-0.1, -0.05) is 18.2 Å². The summed E-state index contributed by atoms with van der Waals surface area (Å²) >= 11 is 0. The molecule has 3 rings (SSSR count). The largest absolute Gasteiger partial charge is 0.368 e. The molecule has 0 atom stereocenters. The number of rotatable bonds is 3. The Balaban J connectivity index is 1.57. The summed E-state index contributed by atoms with van der Waals surface area (Å²) < 4.78 is 13.6. The molecule has 1 N–H and O–H groups in total. The molecule has 5 heteroatoms. The van der Waals surface area contributed by atoms with Crippen LogP contribution in [0.25, 0.3) is 0 Å². The summed E-state index contributed by atoms with van der Waals surface area (Å²) in [6.07, 6.45) is 3.92. The first-order valence-corrected chi connectivity index (χ1v) is 7.46. The summed E-state index contributed by atoms with van der Waals surface area (Å²) in [5.41, 5.74) is 1.62. The van der Waals surface area contributed by atoms with Gasteiger partial charge in [-0.3, -0.25) is 4.79 Å². The number of aromatic nitrogens is 1. The molecule has 114 valence electrons. The number of piperazine rings is 1. The molecule has 1 amide bonds. The molecule has 0 spiro atoms. The third-order valence-electron chi connectivity index (χ3n) is 4.00. The van der Waals surface area contributed by atoms with Crippen molar-refractivity contribution < 1.29 is 14.2 Å². The maximum absolute atomic E-state index is 13.6. The second kappa shape index (κ2) is 6.56. The first-order valence-electron chi connectivity index (χ1n) is 7.46. The minimum atomic E-state index is -0.310. The number of nitrogens with one attached hydrogen (secondary N) is 1. The first-order chi connectivity index (χ1) is 10.7. The Morgan fingerprint density at radius 1 is 1.05 bits per heavy atom. The van der Waals surface area contributed by atoms with Crippen molar-refractivity contribution in [3.63, 3.8) is 0 Å². The topological polar surface area (TPSA) is 37.7 Å². The van der Waals surface area contributed by atoms with Crippen molar-refractivity contribution >= 4 is 11.6 Å². The molecular formula is C17H19FN3O+. The first kappa shape index (κ1) is 14.5. The van der Waals surface area contributed by atoms with E-state index in [0.29, 0.717) is 18.7 Å². The van der Waals surface area contributed by atoms with Gasteiger partial charge in [-0.05, 0) is 11.6 Å². The van der Waals surface area contributed by atoms with Gasteiger partial charge in [0.25, 0.3) is 0 Å². The zero-order valence-electron chi connectivity index (χ0n) is 12.3. The molecule has 0 radical (unpaired) electrons. The highest BCUT2D eigenvalue weighted by molar-refractivity contribution is 5.79. The van der Waals surface area contributed by atoms with Crippen LogP contribution in [0.5, 0.6) is 0 Å². The van der Waals surface area contributed by atoms with Crippen LogP contribution in [0.2, 0.25) is 0 Å². The van der Waals surface area contributed by atoms with Gasteiger partial charge in [0.2, 0.25) is 5.91 Å². The average Bonchev–Trinajstić information content (AvgIpc) is 2.58. The summed E-state index contributed by atoms with van der Waals surface area (Å²) in [6.45, 7) is 2.94. The summed E-state index contributed by atoms with van der Waals surface area (Å²) in [5.74, 6) is -0.318. The number of amides is 1. The van der Waals surface area contributed by atoms with Gasteiger partial charge >= 0.3 is 0 Å². The van der Waals surface area contributed by atoms with Crippen molar-refractivity contribution in [2.75, 3.05) is 31.1 Å². The SMILES string of the molecule is O=C(Cc1ccccc1F)N1CCN(c2cc[nH+]cc2)CC1. The second-order valence-electron chi connectivity index (χ2n) is 5.39. The standard InChI is InChI=1S/C17H18FN3O/c18-16-4-2-1-3-14(16)13-17(22)21-11-9-20(10-12-21)15-5-7-19-8-6-15/h1-8H,9-13H2/p+1. The molecule has 1 aromatic carbocycles. The van der Waals surface area contributed by atoms with Crippen molar-refractivity contribution in [1.82, 2.24) is 4.90 Å². The molecule has 1 aliphatic heterocycles. The van der Waals surface area contributed by atoms with Gasteiger partial charge in [-0.25, -0.2) is 9.37 Å². The molecule has 0 bridgehead atoms. The lowest BCUT2D eigenvalue weighted by atomic mass is 10.1. The van der Waals surface area contributed by atoms with Gasteiger partial charge in [0.1, 0.15) is 5.82 Å². The number of hydrogen-bond donors (Lipinski definition) is 0. The van der Waals surface area contributed by atoms with E-state index in [1.165, 1.54) is 6.07 Å². The fraction of sp³-hybridized carbons (Fsp3) is 0.294. The fourth-order valence-corrected chi connectivity index (χ4v) is 2.72. The minimum Gasteiger partial charge on any atom is -0.368 e. The van der Waals surface area contributed by atoms with Crippen LogP contribution in [0.4, 0.5) is 10.1 Å². The zero-order chi connectivity index (χ0) is 15.4. The number of pyridine rings is 1. The Kier molecular flexibility index (Phi) is 4.32. The Bertz CT molecular complexity index is 639. The third-order valence-corrected chi connectivity index (χ3v) is 4.00. The molecule has 1 aliphatic rings. The van der Waals surface area contributed by atoms with Crippen molar-refractivity contribution in [3.8, 4) is 0 Å². The van der Waals surface area contributed by atoms with Crippen molar-refractivity contribution in [3.05, 3.63) is 60.2 Å². The number of benzene rings is 1. The number of anilines is 1. The van der Waals surface area contributed by atoms with Crippen LogP contribution in [-0.4, -0.2) is 37.0 Å². The smallest absolute Gasteiger partial charge is 0.227 e. The lowest BCUT2D eigenvalue weighted by Gasteiger charge is -2.35. The number of hydrogen-bond acceptors (Lipinski definition) is 2. The van der Waals surface area contributed by atoms with E-state index in [0.717, 1.165) is 18.8 Å². The highest BCUT2D eigenvalue weighted by atomic mass is 19.1. The van der Waals surface area contributed by atoms with E-state index < -0.39 is 0 Å². The lowest BCUT2D eigenvalue weighted by molar-refractivity contribution is -0.377. The van der Waals surface area contributed by atoms with Crippen LogP contribution >= 0.6 is 0 Å². The molecule has 1 saturated heterocycles. The molecular weight excluding hydrogens is 281 g/mol. The van der Waals surface area contributed by atoms with Crippen LogP contribution in [0, 0.1) is 5.82 Å². The Hall–Kier alpha value is -2.43. The number of carbonyl (C=O) groups is 1. The molecule has 1 fully saturated rings. The predicted molar refractivity (Wildman–Crippen MR) is 81.9 cm³/mol. The lowest BCUT2D eigenvalue weighted by Crippen LogP contribution is -2.49. The number of nitrogens with zero attached hydrogens (tertiary/aromatic N) is 2. The quantitative estimate of drug-likeness (QED) is 0.862. The monoisotopic (exact) mass is 300 g/mol. The number of aromatic amines is 1. The molecule has 0 aliphatic carbocycles. The molecule has 0 unspecified atom stereocenters. The van der Waals surface area contributed by atoms with E-state index in [2.05, 4.69) is 9.88 Å². The molecule has 4 nitrogen and oxygen atoms in total. The normalized spacial score (nSPS) is 15.0. The highest BCUT2D eigenvalue weighted by Crippen LogP contribution is 2.15. The van der Waals surface area contributed by atoms with Gasteiger partial charge in [0, 0.05) is 44.0 Å². The second-order valence-corrected chi connectivity index (χ2v) is 5.39. The number of H-pyrrole nitrogens is 1.